The Bertz CT molecular complexity index is 345. The first kappa shape index (κ1) is 15.4. The number of ether oxygens (including phenoxy) is 2. The van der Waals surface area contributed by atoms with Gasteiger partial charge in [0.15, 0.2) is 0 Å². The number of hydrogen-bond acceptors (Lipinski definition) is 3. The summed E-state index contributed by atoms with van der Waals surface area (Å²) >= 11 is 0. The minimum Gasteiger partial charge on any atom is -0.355 e. The van der Waals surface area contributed by atoms with E-state index in [0.717, 1.165) is 6.61 Å². The van der Waals surface area contributed by atoms with Crippen molar-refractivity contribution in [1.82, 2.24) is 4.90 Å². The van der Waals surface area contributed by atoms with Gasteiger partial charge in [0.05, 0.1) is 12.7 Å². The van der Waals surface area contributed by atoms with Gasteiger partial charge >= 0.3 is 0 Å². The standard InChI is InChI=1S/C14H21NO2.ClH/c1-11-13(9-16-10-17-11)14(15(2)3)12-7-5-4-6-8-12;/h4-8,11,13-14H,9-10H2,1-3H3;1H. The van der Waals surface area contributed by atoms with Gasteiger partial charge in [-0.3, -0.25) is 0 Å². The predicted octanol–water partition coefficient (Wildman–Crippen LogP) is 2.72. The second-order valence-corrected chi connectivity index (χ2v) is 4.84. The molecule has 1 saturated heterocycles. The van der Waals surface area contributed by atoms with Gasteiger partial charge in [0.25, 0.3) is 0 Å². The second kappa shape index (κ2) is 7.10. The molecule has 0 N–H and O–H groups in total. The maximum atomic E-state index is 5.59. The summed E-state index contributed by atoms with van der Waals surface area (Å²) in [5.41, 5.74) is 1.32. The Hall–Kier alpha value is -0.610. The molecule has 3 nitrogen and oxygen atoms in total. The van der Waals surface area contributed by atoms with Crippen molar-refractivity contribution in [2.45, 2.75) is 19.1 Å². The van der Waals surface area contributed by atoms with Crippen LogP contribution in [0, 0.1) is 5.92 Å². The molecule has 2 rings (SSSR count). The van der Waals surface area contributed by atoms with Crippen molar-refractivity contribution in [3.05, 3.63) is 35.9 Å². The van der Waals surface area contributed by atoms with E-state index in [-0.39, 0.29) is 18.5 Å². The van der Waals surface area contributed by atoms with Crippen LogP contribution in [0.15, 0.2) is 30.3 Å². The molecule has 0 radical (unpaired) electrons. The SMILES string of the molecule is CC1OCOCC1C(c1ccccc1)N(C)C.Cl. The Balaban J connectivity index is 0.00000162. The lowest BCUT2D eigenvalue weighted by molar-refractivity contribution is -0.176. The summed E-state index contributed by atoms with van der Waals surface area (Å²) in [4.78, 5) is 2.24. The molecule has 1 heterocycles. The number of halogens is 1. The Kier molecular flexibility index (Phi) is 6.09. The molecule has 1 aromatic rings. The van der Waals surface area contributed by atoms with Crippen LogP contribution in [-0.2, 0) is 9.47 Å². The van der Waals surface area contributed by atoms with Crippen LogP contribution in [0.25, 0.3) is 0 Å². The van der Waals surface area contributed by atoms with Crippen LogP contribution in [-0.4, -0.2) is 38.5 Å². The molecule has 0 aromatic heterocycles. The van der Waals surface area contributed by atoms with Gasteiger partial charge in [-0.05, 0) is 26.6 Å². The smallest absolute Gasteiger partial charge is 0.147 e. The lowest BCUT2D eigenvalue weighted by Gasteiger charge is -2.38. The summed E-state index contributed by atoms with van der Waals surface area (Å²) in [5, 5.41) is 0. The van der Waals surface area contributed by atoms with Crippen LogP contribution >= 0.6 is 12.4 Å². The van der Waals surface area contributed by atoms with Gasteiger partial charge < -0.3 is 14.4 Å². The maximum Gasteiger partial charge on any atom is 0.147 e. The first-order chi connectivity index (χ1) is 8.20. The van der Waals surface area contributed by atoms with Gasteiger partial charge in [0.1, 0.15) is 6.79 Å². The normalized spacial score (nSPS) is 25.6. The summed E-state index contributed by atoms with van der Waals surface area (Å²) in [6.45, 7) is 3.32. The number of rotatable bonds is 3. The van der Waals surface area contributed by atoms with Gasteiger partial charge in [-0.15, -0.1) is 12.4 Å². The lowest BCUT2D eigenvalue weighted by atomic mass is 9.88. The molecule has 0 aliphatic carbocycles. The molecule has 3 unspecified atom stereocenters. The van der Waals surface area contributed by atoms with Gasteiger partial charge in [-0.25, -0.2) is 0 Å². The molecule has 18 heavy (non-hydrogen) atoms. The zero-order valence-corrected chi connectivity index (χ0v) is 12.0. The molecule has 1 aliphatic rings. The third-order valence-corrected chi connectivity index (χ3v) is 3.43. The minimum absolute atomic E-state index is 0. The van der Waals surface area contributed by atoms with E-state index in [1.54, 1.807) is 0 Å². The highest BCUT2D eigenvalue weighted by Gasteiger charge is 2.32. The molecule has 0 bridgehead atoms. The quantitative estimate of drug-likeness (QED) is 0.844. The van der Waals surface area contributed by atoms with E-state index in [4.69, 9.17) is 9.47 Å². The van der Waals surface area contributed by atoms with E-state index in [2.05, 4.69) is 50.2 Å². The minimum atomic E-state index is 0. The molecule has 0 saturated carbocycles. The highest BCUT2D eigenvalue weighted by atomic mass is 35.5. The Labute approximate surface area is 115 Å². The Morgan fingerprint density at radius 1 is 1.22 bits per heavy atom. The molecular formula is C14H22ClNO2. The first-order valence-corrected chi connectivity index (χ1v) is 6.11. The zero-order chi connectivity index (χ0) is 12.3. The molecule has 0 spiro atoms. The fourth-order valence-corrected chi connectivity index (χ4v) is 2.53. The van der Waals surface area contributed by atoms with Gasteiger partial charge in [0, 0.05) is 12.0 Å². The Morgan fingerprint density at radius 2 is 1.89 bits per heavy atom. The third-order valence-electron chi connectivity index (χ3n) is 3.43. The molecule has 4 heteroatoms. The third kappa shape index (κ3) is 3.45. The summed E-state index contributed by atoms with van der Waals surface area (Å²) in [7, 11) is 4.22. The summed E-state index contributed by atoms with van der Waals surface area (Å²) in [5.74, 6) is 0.376. The van der Waals surface area contributed by atoms with Crippen LogP contribution in [0.5, 0.6) is 0 Å². The predicted molar refractivity (Wildman–Crippen MR) is 75.0 cm³/mol. The lowest BCUT2D eigenvalue weighted by Crippen LogP contribution is -2.41. The number of nitrogens with zero attached hydrogens (tertiary/aromatic N) is 1. The monoisotopic (exact) mass is 271 g/mol. The molecule has 102 valence electrons. The highest BCUT2D eigenvalue weighted by molar-refractivity contribution is 5.85. The van der Waals surface area contributed by atoms with E-state index in [1.807, 2.05) is 6.07 Å². The second-order valence-electron chi connectivity index (χ2n) is 4.84. The summed E-state index contributed by atoms with van der Waals surface area (Å²) in [6, 6.07) is 10.9. The average Bonchev–Trinajstić information content (AvgIpc) is 2.33. The van der Waals surface area contributed by atoms with Gasteiger partial charge in [-0.1, -0.05) is 30.3 Å². The van der Waals surface area contributed by atoms with Crippen molar-refractivity contribution in [3.63, 3.8) is 0 Å². The van der Waals surface area contributed by atoms with Crippen molar-refractivity contribution in [2.75, 3.05) is 27.5 Å². The molecule has 0 amide bonds. The van der Waals surface area contributed by atoms with Crippen molar-refractivity contribution in [3.8, 4) is 0 Å². The maximum absolute atomic E-state index is 5.59. The summed E-state index contributed by atoms with van der Waals surface area (Å²) < 4.78 is 11.1. The van der Waals surface area contributed by atoms with Crippen LogP contribution in [0.2, 0.25) is 0 Å². The molecule has 3 atom stereocenters. The molecule has 1 aliphatic heterocycles. The van der Waals surface area contributed by atoms with Crippen LogP contribution in [0.4, 0.5) is 0 Å². The fourth-order valence-electron chi connectivity index (χ4n) is 2.53. The van der Waals surface area contributed by atoms with E-state index in [1.165, 1.54) is 5.56 Å². The van der Waals surface area contributed by atoms with Crippen molar-refractivity contribution in [2.24, 2.45) is 5.92 Å². The van der Waals surface area contributed by atoms with E-state index in [0.29, 0.717) is 18.8 Å². The molecule has 1 fully saturated rings. The van der Waals surface area contributed by atoms with E-state index in [9.17, 15) is 0 Å². The van der Waals surface area contributed by atoms with Gasteiger partial charge in [0.2, 0.25) is 0 Å². The largest absolute Gasteiger partial charge is 0.355 e. The van der Waals surface area contributed by atoms with Crippen molar-refractivity contribution in [1.29, 1.82) is 0 Å². The van der Waals surface area contributed by atoms with Crippen LogP contribution in [0.3, 0.4) is 0 Å². The molecular weight excluding hydrogens is 250 g/mol. The Morgan fingerprint density at radius 3 is 2.44 bits per heavy atom. The summed E-state index contributed by atoms with van der Waals surface area (Å²) in [6.07, 6.45) is 0.233. The van der Waals surface area contributed by atoms with E-state index < -0.39 is 0 Å². The average molecular weight is 272 g/mol. The molecule has 1 aromatic carbocycles. The van der Waals surface area contributed by atoms with Crippen molar-refractivity contribution >= 4 is 12.4 Å². The van der Waals surface area contributed by atoms with Gasteiger partial charge in [-0.2, -0.15) is 0 Å². The van der Waals surface area contributed by atoms with Crippen molar-refractivity contribution < 1.29 is 9.47 Å². The fraction of sp³-hybridized carbons (Fsp3) is 0.571. The zero-order valence-electron chi connectivity index (χ0n) is 11.2. The highest BCUT2D eigenvalue weighted by Crippen LogP contribution is 2.32. The van der Waals surface area contributed by atoms with Crippen LogP contribution < -0.4 is 0 Å². The van der Waals surface area contributed by atoms with Crippen LogP contribution in [0.1, 0.15) is 18.5 Å². The topological polar surface area (TPSA) is 21.7 Å². The first-order valence-electron chi connectivity index (χ1n) is 6.11. The number of benzene rings is 1. The van der Waals surface area contributed by atoms with E-state index >= 15 is 0 Å². The number of hydrogen-bond donors (Lipinski definition) is 0.